The van der Waals surface area contributed by atoms with Gasteiger partial charge in [0.05, 0.1) is 6.61 Å². The van der Waals surface area contributed by atoms with E-state index in [1.165, 1.54) is 6.04 Å². The molecule has 0 rings (SSSR count). The van der Waals surface area contributed by atoms with Crippen LogP contribution in [0.2, 0.25) is 45.3 Å². The highest BCUT2D eigenvalue weighted by atomic mass is 28.4. The summed E-state index contributed by atoms with van der Waals surface area (Å²) in [5.41, 5.74) is 0. The highest BCUT2D eigenvalue weighted by molar-refractivity contribution is 6.70. The Morgan fingerprint density at radius 3 is 1.95 bits per heavy atom. The summed E-state index contributed by atoms with van der Waals surface area (Å²) in [6.45, 7) is 11.9. The molecular formula is C12H32O4Si3. The number of rotatable bonds is 9. The zero-order chi connectivity index (χ0) is 15.3. The van der Waals surface area contributed by atoms with E-state index < -0.39 is 35.1 Å². The van der Waals surface area contributed by atoms with Gasteiger partial charge >= 0.3 is 0 Å². The van der Waals surface area contributed by atoms with Crippen molar-refractivity contribution in [3.05, 3.63) is 0 Å². The van der Waals surface area contributed by atoms with Crippen LogP contribution in [0.1, 0.15) is 12.8 Å². The molecule has 7 heteroatoms. The van der Waals surface area contributed by atoms with Crippen molar-refractivity contribution in [1.82, 2.24) is 0 Å². The maximum Gasteiger partial charge on any atom is 0.205 e. The normalized spacial score (nSPS) is 18.3. The van der Waals surface area contributed by atoms with Crippen LogP contribution in [-0.4, -0.2) is 55.6 Å². The standard InChI is InChI=1S/C12H32O4Si3/c1-18(2,3)15-11(8-7-9-17)12(14,10-13)16-19(4,5)6/h11,13-14H,7-10H2,1-6,17H3. The second kappa shape index (κ2) is 7.49. The van der Waals surface area contributed by atoms with Gasteiger partial charge in [-0.1, -0.05) is 12.5 Å². The summed E-state index contributed by atoms with van der Waals surface area (Å²) in [6.07, 6.45) is 1.33. The van der Waals surface area contributed by atoms with E-state index in [2.05, 4.69) is 19.6 Å². The first-order valence-corrected chi connectivity index (χ1v) is 15.4. The molecule has 0 aliphatic rings. The van der Waals surface area contributed by atoms with E-state index in [0.717, 1.165) is 23.1 Å². The highest BCUT2D eigenvalue weighted by Crippen LogP contribution is 2.27. The lowest BCUT2D eigenvalue weighted by Crippen LogP contribution is -2.56. The molecule has 0 spiro atoms. The van der Waals surface area contributed by atoms with Gasteiger partial charge in [-0.15, -0.1) is 0 Å². The first kappa shape index (κ1) is 19.5. The molecule has 0 radical (unpaired) electrons. The van der Waals surface area contributed by atoms with E-state index in [1.807, 2.05) is 19.6 Å². The lowest BCUT2D eigenvalue weighted by Gasteiger charge is -2.41. The monoisotopic (exact) mass is 324 g/mol. The Bertz CT molecular complexity index is 263. The van der Waals surface area contributed by atoms with Crippen molar-refractivity contribution in [2.75, 3.05) is 6.61 Å². The molecule has 19 heavy (non-hydrogen) atoms. The summed E-state index contributed by atoms with van der Waals surface area (Å²) < 4.78 is 11.9. The maximum absolute atomic E-state index is 10.7. The molecule has 2 atom stereocenters. The van der Waals surface area contributed by atoms with Gasteiger partial charge in [-0.05, 0) is 45.7 Å². The molecule has 0 amide bonds. The molecule has 2 N–H and O–H groups in total. The molecular weight excluding hydrogens is 292 g/mol. The molecule has 4 nitrogen and oxygen atoms in total. The second-order valence-corrected chi connectivity index (χ2v) is 17.0. The van der Waals surface area contributed by atoms with Gasteiger partial charge in [0.2, 0.25) is 5.79 Å². The van der Waals surface area contributed by atoms with Gasteiger partial charge in [0.1, 0.15) is 6.10 Å². The first-order chi connectivity index (χ1) is 8.43. The van der Waals surface area contributed by atoms with Crippen molar-refractivity contribution >= 4 is 26.9 Å². The summed E-state index contributed by atoms with van der Waals surface area (Å²) in [5, 5.41) is 20.3. The quantitative estimate of drug-likeness (QED) is 0.496. The minimum atomic E-state index is -1.96. The van der Waals surface area contributed by atoms with Crippen LogP contribution in [0, 0.1) is 0 Å². The molecule has 0 heterocycles. The zero-order valence-electron chi connectivity index (χ0n) is 13.6. The summed E-state index contributed by atoms with van der Waals surface area (Å²) >= 11 is 0. The Morgan fingerprint density at radius 1 is 1.11 bits per heavy atom. The van der Waals surface area contributed by atoms with E-state index in [9.17, 15) is 10.2 Å². The Balaban J connectivity index is 5.04. The van der Waals surface area contributed by atoms with E-state index in [4.69, 9.17) is 8.85 Å². The average molecular weight is 325 g/mol. The van der Waals surface area contributed by atoms with Gasteiger partial charge in [-0.2, -0.15) is 0 Å². The van der Waals surface area contributed by atoms with Crippen LogP contribution in [-0.2, 0) is 8.85 Å². The third-order valence-electron chi connectivity index (χ3n) is 2.53. The third-order valence-corrected chi connectivity index (χ3v) is 5.19. The molecule has 0 aromatic rings. The molecule has 0 saturated carbocycles. The van der Waals surface area contributed by atoms with E-state index in [-0.39, 0.29) is 0 Å². The van der Waals surface area contributed by atoms with Crippen molar-refractivity contribution in [2.45, 2.75) is 70.1 Å². The molecule has 0 fully saturated rings. The summed E-state index contributed by atoms with van der Waals surface area (Å²) in [7, 11) is -2.61. The van der Waals surface area contributed by atoms with Crippen LogP contribution in [0.5, 0.6) is 0 Å². The summed E-state index contributed by atoms with van der Waals surface area (Å²) in [5.74, 6) is -1.55. The van der Waals surface area contributed by atoms with Gasteiger partial charge in [0, 0.05) is 10.2 Å². The molecule has 2 unspecified atom stereocenters. The Labute approximate surface area is 123 Å². The molecule has 116 valence electrons. The average Bonchev–Trinajstić information content (AvgIpc) is 2.20. The van der Waals surface area contributed by atoms with Gasteiger partial charge in [-0.25, -0.2) is 0 Å². The molecule has 0 saturated heterocycles. The van der Waals surface area contributed by atoms with Gasteiger partial charge in [-0.3, -0.25) is 0 Å². The SMILES string of the molecule is C[Si](C)(C)OC(CCC[SiH3])C(O)(CO)O[Si](C)(C)C. The Morgan fingerprint density at radius 2 is 1.63 bits per heavy atom. The van der Waals surface area contributed by atoms with Gasteiger partial charge < -0.3 is 19.1 Å². The minimum Gasteiger partial charge on any atom is -0.409 e. The van der Waals surface area contributed by atoms with E-state index in [0.29, 0.717) is 0 Å². The van der Waals surface area contributed by atoms with E-state index in [1.54, 1.807) is 0 Å². The summed E-state index contributed by atoms with van der Waals surface area (Å²) in [4.78, 5) is 0. The topological polar surface area (TPSA) is 58.9 Å². The number of aliphatic hydroxyl groups is 2. The smallest absolute Gasteiger partial charge is 0.205 e. The number of aliphatic hydroxyl groups excluding tert-OH is 1. The van der Waals surface area contributed by atoms with Crippen LogP contribution in [0.25, 0.3) is 0 Å². The second-order valence-electron chi connectivity index (χ2n) is 7.08. The molecule has 0 aromatic heterocycles. The van der Waals surface area contributed by atoms with Crippen LogP contribution < -0.4 is 0 Å². The van der Waals surface area contributed by atoms with Crippen LogP contribution in [0.3, 0.4) is 0 Å². The Hall–Kier alpha value is 0.491. The zero-order valence-corrected chi connectivity index (χ0v) is 17.6. The molecule has 0 aliphatic carbocycles. The van der Waals surface area contributed by atoms with Crippen LogP contribution in [0.15, 0.2) is 0 Å². The third kappa shape index (κ3) is 8.38. The lowest BCUT2D eigenvalue weighted by atomic mass is 10.1. The molecule has 0 aromatic carbocycles. The summed E-state index contributed by atoms with van der Waals surface area (Å²) in [6, 6.07) is 1.17. The van der Waals surface area contributed by atoms with Crippen molar-refractivity contribution in [3.8, 4) is 0 Å². The highest BCUT2D eigenvalue weighted by Gasteiger charge is 2.43. The fourth-order valence-electron chi connectivity index (χ4n) is 1.92. The molecule has 0 bridgehead atoms. The largest absolute Gasteiger partial charge is 0.409 e. The first-order valence-electron chi connectivity index (χ1n) is 7.15. The van der Waals surface area contributed by atoms with Gasteiger partial charge in [0.15, 0.2) is 16.6 Å². The number of hydrogen-bond donors (Lipinski definition) is 2. The predicted molar refractivity (Wildman–Crippen MR) is 88.7 cm³/mol. The molecule has 0 aliphatic heterocycles. The minimum absolute atomic E-state index is 0.409. The van der Waals surface area contributed by atoms with Crippen molar-refractivity contribution in [2.24, 2.45) is 0 Å². The van der Waals surface area contributed by atoms with Gasteiger partial charge in [0.25, 0.3) is 0 Å². The van der Waals surface area contributed by atoms with Crippen molar-refractivity contribution < 1.29 is 19.1 Å². The fourth-order valence-corrected chi connectivity index (χ4v) is 4.74. The van der Waals surface area contributed by atoms with Crippen molar-refractivity contribution in [3.63, 3.8) is 0 Å². The van der Waals surface area contributed by atoms with Crippen LogP contribution in [0.4, 0.5) is 0 Å². The van der Waals surface area contributed by atoms with Crippen molar-refractivity contribution in [1.29, 1.82) is 0 Å². The Kier molecular flexibility index (Phi) is 7.68. The van der Waals surface area contributed by atoms with E-state index >= 15 is 0 Å². The lowest BCUT2D eigenvalue weighted by molar-refractivity contribution is -0.227. The van der Waals surface area contributed by atoms with Crippen LogP contribution >= 0.6 is 0 Å². The maximum atomic E-state index is 10.7. The number of hydrogen-bond acceptors (Lipinski definition) is 4. The predicted octanol–water partition coefficient (Wildman–Crippen LogP) is 1.30. The fraction of sp³-hybridized carbons (Fsp3) is 1.00.